The van der Waals surface area contributed by atoms with Gasteiger partial charge in [0.15, 0.2) is 0 Å². The van der Waals surface area contributed by atoms with Crippen LogP contribution in [-0.2, 0) is 4.79 Å². The molecule has 0 saturated carbocycles. The Morgan fingerprint density at radius 3 is 3.00 bits per heavy atom. The highest BCUT2D eigenvalue weighted by Crippen LogP contribution is 1.72. The molecular weight excluding hydrogens is 164 g/mol. The molecule has 0 bridgehead atoms. The monoisotopic (exact) mass is 180 g/mol. The van der Waals surface area contributed by atoms with Gasteiger partial charge in [0, 0.05) is 19.5 Å². The van der Waals surface area contributed by atoms with Gasteiger partial charge in [0.05, 0.1) is 6.54 Å². The van der Waals surface area contributed by atoms with Crippen molar-refractivity contribution in [2.45, 2.75) is 13.3 Å². The summed E-state index contributed by atoms with van der Waals surface area (Å²) in [4.78, 5) is 11.0. The van der Waals surface area contributed by atoms with Crippen molar-refractivity contribution in [3.8, 4) is 11.8 Å². The van der Waals surface area contributed by atoms with Crippen molar-refractivity contribution < 1.29 is 4.79 Å². The van der Waals surface area contributed by atoms with Gasteiger partial charge in [0.25, 0.3) is 0 Å². The van der Waals surface area contributed by atoms with E-state index in [2.05, 4.69) is 29.1 Å². The Morgan fingerprint density at radius 1 is 1.62 bits per heavy atom. The van der Waals surface area contributed by atoms with E-state index in [0.717, 1.165) is 0 Å². The number of amides is 1. The van der Waals surface area contributed by atoms with Gasteiger partial charge < -0.3 is 10.6 Å². The minimum atomic E-state index is -0.000229. The van der Waals surface area contributed by atoms with E-state index >= 15 is 0 Å². The Morgan fingerprint density at radius 2 is 2.38 bits per heavy atom. The molecule has 0 atom stereocenters. The van der Waals surface area contributed by atoms with Crippen LogP contribution >= 0.6 is 0 Å². The van der Waals surface area contributed by atoms with Gasteiger partial charge in [0.2, 0.25) is 5.91 Å². The number of hydrogen-bond donors (Lipinski definition) is 2. The first-order valence-electron chi connectivity index (χ1n) is 4.29. The van der Waals surface area contributed by atoms with E-state index in [-0.39, 0.29) is 5.91 Å². The molecule has 72 valence electrons. The summed E-state index contributed by atoms with van der Waals surface area (Å²) in [6.45, 7) is 6.93. The Hall–Kier alpha value is -1.27. The fourth-order valence-electron chi connectivity index (χ4n) is 0.740. The average Bonchev–Trinajstić information content (AvgIpc) is 2.13. The topological polar surface area (TPSA) is 41.1 Å². The molecule has 0 aromatic rings. The number of carbonyl (C=O) groups excluding carboxylic acids is 1. The third kappa shape index (κ3) is 8.64. The Labute approximate surface area is 79.6 Å². The number of carbonyl (C=O) groups is 1. The summed E-state index contributed by atoms with van der Waals surface area (Å²) >= 11 is 0. The zero-order valence-electron chi connectivity index (χ0n) is 8.02. The molecule has 0 aromatic heterocycles. The lowest BCUT2D eigenvalue weighted by Gasteiger charge is -2.02. The second-order valence-corrected chi connectivity index (χ2v) is 2.45. The third-order valence-electron chi connectivity index (χ3n) is 1.32. The van der Waals surface area contributed by atoms with Crippen molar-refractivity contribution in [1.29, 1.82) is 0 Å². The first-order valence-corrected chi connectivity index (χ1v) is 4.29. The molecule has 0 aliphatic heterocycles. The van der Waals surface area contributed by atoms with Gasteiger partial charge in [-0.3, -0.25) is 4.79 Å². The van der Waals surface area contributed by atoms with Crippen LogP contribution in [0.15, 0.2) is 12.7 Å². The summed E-state index contributed by atoms with van der Waals surface area (Å²) in [5.41, 5.74) is 0. The fraction of sp³-hybridized carbons (Fsp3) is 0.500. The molecule has 3 nitrogen and oxygen atoms in total. The van der Waals surface area contributed by atoms with Crippen LogP contribution in [0.1, 0.15) is 13.3 Å². The molecule has 0 fully saturated rings. The standard InChI is InChI=1S/C10H16N2O/c1-3-5-6-8-12-10(13)9-11-7-4-2/h4,11H,2,6-9H2,1H3,(H,12,13). The van der Waals surface area contributed by atoms with Crippen LogP contribution in [0.4, 0.5) is 0 Å². The highest BCUT2D eigenvalue weighted by Gasteiger charge is 1.96. The highest BCUT2D eigenvalue weighted by molar-refractivity contribution is 5.77. The summed E-state index contributed by atoms with van der Waals surface area (Å²) in [5, 5.41) is 5.65. The molecule has 3 heteroatoms. The summed E-state index contributed by atoms with van der Waals surface area (Å²) in [5.74, 6) is 5.63. The minimum absolute atomic E-state index is 0.000229. The van der Waals surface area contributed by atoms with Crippen molar-refractivity contribution in [1.82, 2.24) is 10.6 Å². The third-order valence-corrected chi connectivity index (χ3v) is 1.32. The molecule has 0 aliphatic carbocycles. The molecule has 0 aromatic carbocycles. The molecule has 0 radical (unpaired) electrons. The molecule has 13 heavy (non-hydrogen) atoms. The van der Waals surface area contributed by atoms with Crippen LogP contribution in [-0.4, -0.2) is 25.5 Å². The predicted octanol–water partition coefficient (Wildman–Crippen LogP) is 0.292. The van der Waals surface area contributed by atoms with Gasteiger partial charge in [-0.1, -0.05) is 6.08 Å². The van der Waals surface area contributed by atoms with Gasteiger partial charge in [-0.2, -0.15) is 0 Å². The number of hydrogen-bond acceptors (Lipinski definition) is 2. The first-order chi connectivity index (χ1) is 6.31. The average molecular weight is 180 g/mol. The summed E-state index contributed by atoms with van der Waals surface area (Å²) in [6.07, 6.45) is 2.43. The Bertz CT molecular complexity index is 213. The van der Waals surface area contributed by atoms with Crippen molar-refractivity contribution in [2.24, 2.45) is 0 Å². The van der Waals surface area contributed by atoms with Crippen LogP contribution in [0.5, 0.6) is 0 Å². The molecule has 0 aliphatic rings. The maximum atomic E-state index is 11.0. The highest BCUT2D eigenvalue weighted by atomic mass is 16.1. The van der Waals surface area contributed by atoms with Gasteiger partial charge >= 0.3 is 0 Å². The van der Waals surface area contributed by atoms with Crippen molar-refractivity contribution >= 4 is 5.91 Å². The van der Waals surface area contributed by atoms with E-state index < -0.39 is 0 Å². The summed E-state index contributed by atoms with van der Waals surface area (Å²) in [7, 11) is 0. The fourth-order valence-corrected chi connectivity index (χ4v) is 0.740. The summed E-state index contributed by atoms with van der Waals surface area (Å²) < 4.78 is 0. The Kier molecular flexibility index (Phi) is 7.96. The van der Waals surface area contributed by atoms with Crippen molar-refractivity contribution in [3.63, 3.8) is 0 Å². The number of nitrogens with one attached hydrogen (secondary N) is 2. The summed E-state index contributed by atoms with van der Waals surface area (Å²) in [6, 6.07) is 0. The zero-order valence-corrected chi connectivity index (χ0v) is 8.02. The largest absolute Gasteiger partial charge is 0.354 e. The molecule has 1 amide bonds. The van der Waals surface area contributed by atoms with Crippen LogP contribution in [0.25, 0.3) is 0 Å². The SMILES string of the molecule is C=CCNCC(=O)NCCC#CC. The van der Waals surface area contributed by atoms with E-state index in [4.69, 9.17) is 0 Å². The smallest absolute Gasteiger partial charge is 0.233 e. The minimum Gasteiger partial charge on any atom is -0.354 e. The van der Waals surface area contributed by atoms with Crippen LogP contribution in [0.3, 0.4) is 0 Å². The van der Waals surface area contributed by atoms with Crippen LogP contribution in [0, 0.1) is 11.8 Å². The maximum Gasteiger partial charge on any atom is 0.233 e. The second kappa shape index (κ2) is 8.82. The molecule has 0 rings (SSSR count). The van der Waals surface area contributed by atoms with Crippen LogP contribution in [0.2, 0.25) is 0 Å². The van der Waals surface area contributed by atoms with E-state index in [0.29, 0.717) is 26.1 Å². The van der Waals surface area contributed by atoms with Gasteiger partial charge in [-0.15, -0.1) is 18.4 Å². The lowest BCUT2D eigenvalue weighted by atomic mass is 10.4. The first kappa shape index (κ1) is 11.7. The normalized spacial score (nSPS) is 8.38. The lowest BCUT2D eigenvalue weighted by Crippen LogP contribution is -2.34. The Balaban J connectivity index is 3.28. The van der Waals surface area contributed by atoms with Crippen LogP contribution < -0.4 is 10.6 Å². The van der Waals surface area contributed by atoms with Gasteiger partial charge in [-0.05, 0) is 6.92 Å². The maximum absolute atomic E-state index is 11.0. The van der Waals surface area contributed by atoms with E-state index in [1.807, 2.05) is 0 Å². The van der Waals surface area contributed by atoms with E-state index in [1.165, 1.54) is 0 Å². The second-order valence-electron chi connectivity index (χ2n) is 2.45. The van der Waals surface area contributed by atoms with Gasteiger partial charge in [0.1, 0.15) is 0 Å². The zero-order chi connectivity index (χ0) is 9.94. The quantitative estimate of drug-likeness (QED) is 0.350. The molecule has 0 saturated heterocycles. The number of rotatable bonds is 6. The molecule has 0 spiro atoms. The van der Waals surface area contributed by atoms with Crippen molar-refractivity contribution in [2.75, 3.05) is 19.6 Å². The van der Waals surface area contributed by atoms with Gasteiger partial charge in [-0.25, -0.2) is 0 Å². The molecule has 2 N–H and O–H groups in total. The molecule has 0 unspecified atom stereocenters. The van der Waals surface area contributed by atoms with E-state index in [1.54, 1.807) is 13.0 Å². The predicted molar refractivity (Wildman–Crippen MR) is 54.1 cm³/mol. The molecule has 0 heterocycles. The molecular formula is C10H16N2O. The lowest BCUT2D eigenvalue weighted by molar-refractivity contribution is -0.120. The van der Waals surface area contributed by atoms with Crippen molar-refractivity contribution in [3.05, 3.63) is 12.7 Å². The van der Waals surface area contributed by atoms with E-state index in [9.17, 15) is 4.79 Å².